The van der Waals surface area contributed by atoms with E-state index in [2.05, 4.69) is 20.7 Å². The minimum atomic E-state index is 0.565. The van der Waals surface area contributed by atoms with E-state index in [9.17, 15) is 0 Å². The smallest absolute Gasteiger partial charge is 0.191 e. The van der Waals surface area contributed by atoms with Crippen LogP contribution < -0.4 is 15.4 Å². The minimum absolute atomic E-state index is 0.565. The minimum Gasteiger partial charge on any atom is -0.497 e. The van der Waals surface area contributed by atoms with Gasteiger partial charge in [-0.1, -0.05) is 0 Å². The lowest BCUT2D eigenvalue weighted by atomic mass is 10.1. The summed E-state index contributed by atoms with van der Waals surface area (Å²) in [5.74, 6) is 2.15. The Morgan fingerprint density at radius 3 is 2.86 bits per heavy atom. The van der Waals surface area contributed by atoms with Crippen molar-refractivity contribution < 1.29 is 14.2 Å². The molecule has 1 fully saturated rings. The van der Waals surface area contributed by atoms with Crippen molar-refractivity contribution in [1.29, 1.82) is 0 Å². The fourth-order valence-electron chi connectivity index (χ4n) is 3.08. The van der Waals surface area contributed by atoms with Crippen molar-refractivity contribution in [3.63, 3.8) is 0 Å². The summed E-state index contributed by atoms with van der Waals surface area (Å²) in [6.45, 7) is 4.65. The Morgan fingerprint density at radius 2 is 2.14 bits per heavy atom. The van der Waals surface area contributed by atoms with Gasteiger partial charge in [0.15, 0.2) is 5.96 Å². The van der Waals surface area contributed by atoms with E-state index < -0.39 is 0 Å². The van der Waals surface area contributed by atoms with Gasteiger partial charge in [0.1, 0.15) is 5.75 Å². The molecule has 1 aromatic heterocycles. The molecule has 1 atom stereocenters. The third-order valence-electron chi connectivity index (χ3n) is 4.78. The third kappa shape index (κ3) is 6.76. The zero-order chi connectivity index (χ0) is 20.3. The van der Waals surface area contributed by atoms with Gasteiger partial charge in [-0.3, -0.25) is 4.99 Å². The molecule has 0 bridgehead atoms. The highest BCUT2D eigenvalue weighted by atomic mass is 16.5. The molecule has 3 rings (SSSR count). The zero-order valence-electron chi connectivity index (χ0n) is 17.3. The Bertz CT molecular complexity index is 754. The van der Waals surface area contributed by atoms with Crippen LogP contribution >= 0.6 is 0 Å². The van der Waals surface area contributed by atoms with Gasteiger partial charge >= 0.3 is 0 Å². The predicted molar refractivity (Wildman–Crippen MR) is 113 cm³/mol. The van der Waals surface area contributed by atoms with E-state index in [0.29, 0.717) is 12.5 Å². The van der Waals surface area contributed by atoms with Gasteiger partial charge in [-0.2, -0.15) is 5.10 Å². The molecule has 1 unspecified atom stereocenters. The molecule has 0 saturated carbocycles. The number of nitrogens with one attached hydrogen (secondary N) is 2. The molecule has 29 heavy (non-hydrogen) atoms. The predicted octanol–water partition coefficient (Wildman–Crippen LogP) is 1.99. The fraction of sp³-hybridized carbons (Fsp3) is 0.524. The number of ether oxygens (including phenoxy) is 3. The van der Waals surface area contributed by atoms with E-state index >= 15 is 0 Å². The molecule has 0 radical (unpaired) electrons. The summed E-state index contributed by atoms with van der Waals surface area (Å²) in [7, 11) is 3.43. The summed E-state index contributed by atoms with van der Waals surface area (Å²) >= 11 is 0. The first kappa shape index (κ1) is 21.1. The first-order valence-electron chi connectivity index (χ1n) is 10.1. The normalized spacial score (nSPS) is 16.8. The molecule has 1 saturated heterocycles. The first-order chi connectivity index (χ1) is 14.3. The van der Waals surface area contributed by atoms with Crippen LogP contribution in [0.25, 0.3) is 5.69 Å². The van der Waals surface area contributed by atoms with Crippen molar-refractivity contribution in [3.8, 4) is 11.4 Å². The third-order valence-corrected chi connectivity index (χ3v) is 4.78. The van der Waals surface area contributed by atoms with Gasteiger partial charge in [-0.25, -0.2) is 4.68 Å². The Hall–Kier alpha value is -2.58. The van der Waals surface area contributed by atoms with Crippen molar-refractivity contribution in [2.75, 3.05) is 47.1 Å². The molecule has 2 N–H and O–H groups in total. The second-order valence-electron chi connectivity index (χ2n) is 6.96. The van der Waals surface area contributed by atoms with Crippen molar-refractivity contribution in [1.82, 2.24) is 20.4 Å². The Labute approximate surface area is 172 Å². The van der Waals surface area contributed by atoms with E-state index in [0.717, 1.165) is 68.9 Å². The van der Waals surface area contributed by atoms with E-state index in [1.54, 1.807) is 14.2 Å². The molecule has 8 nitrogen and oxygen atoms in total. The average Bonchev–Trinajstić information content (AvgIpc) is 3.45. The number of methoxy groups -OCH3 is 1. The lowest BCUT2D eigenvalue weighted by Gasteiger charge is -2.12. The SMILES string of the molecule is CN=C(NCCCOCC1CCOC1)NCc1ccn(-c2ccc(OC)cc2)n1. The van der Waals surface area contributed by atoms with E-state index in [4.69, 9.17) is 14.2 Å². The van der Waals surface area contributed by atoms with Crippen LogP contribution in [0.4, 0.5) is 0 Å². The summed E-state index contributed by atoms with van der Waals surface area (Å²) in [6.07, 6.45) is 3.99. The number of aliphatic imine (C=N–C) groups is 1. The second kappa shape index (κ2) is 11.4. The summed E-state index contributed by atoms with van der Waals surface area (Å²) in [5, 5.41) is 11.2. The molecule has 2 aromatic rings. The highest BCUT2D eigenvalue weighted by molar-refractivity contribution is 5.79. The van der Waals surface area contributed by atoms with E-state index in [1.807, 2.05) is 41.2 Å². The van der Waals surface area contributed by atoms with Crippen LogP contribution in [-0.2, 0) is 16.0 Å². The number of nitrogens with zero attached hydrogens (tertiary/aromatic N) is 3. The Kier molecular flexibility index (Phi) is 8.33. The molecule has 8 heteroatoms. The van der Waals surface area contributed by atoms with Crippen LogP contribution in [0, 0.1) is 5.92 Å². The molecular weight excluding hydrogens is 370 g/mol. The maximum atomic E-state index is 5.72. The number of rotatable bonds is 10. The topological polar surface area (TPSA) is 81.9 Å². The summed E-state index contributed by atoms with van der Waals surface area (Å²) < 4.78 is 18.1. The quantitative estimate of drug-likeness (QED) is 0.360. The van der Waals surface area contributed by atoms with Crippen LogP contribution in [0.1, 0.15) is 18.5 Å². The number of hydrogen-bond donors (Lipinski definition) is 2. The van der Waals surface area contributed by atoms with Gasteiger partial charge in [-0.15, -0.1) is 0 Å². The molecule has 0 spiro atoms. The fourth-order valence-corrected chi connectivity index (χ4v) is 3.08. The van der Waals surface area contributed by atoms with Crippen LogP contribution in [0.15, 0.2) is 41.5 Å². The largest absolute Gasteiger partial charge is 0.497 e. The molecule has 2 heterocycles. The molecule has 158 valence electrons. The Morgan fingerprint density at radius 1 is 1.28 bits per heavy atom. The van der Waals surface area contributed by atoms with Crippen molar-refractivity contribution in [3.05, 3.63) is 42.2 Å². The van der Waals surface area contributed by atoms with Crippen LogP contribution in [0.2, 0.25) is 0 Å². The van der Waals surface area contributed by atoms with Gasteiger partial charge in [0.05, 0.1) is 38.2 Å². The molecule has 1 aliphatic rings. The van der Waals surface area contributed by atoms with E-state index in [-0.39, 0.29) is 0 Å². The second-order valence-corrected chi connectivity index (χ2v) is 6.96. The van der Waals surface area contributed by atoms with Gasteiger partial charge in [0, 0.05) is 38.9 Å². The van der Waals surface area contributed by atoms with Gasteiger partial charge in [0.2, 0.25) is 0 Å². The molecular formula is C21H31N5O3. The average molecular weight is 402 g/mol. The first-order valence-corrected chi connectivity index (χ1v) is 10.1. The maximum absolute atomic E-state index is 5.72. The van der Waals surface area contributed by atoms with Crippen LogP contribution in [0.5, 0.6) is 5.75 Å². The number of guanidine groups is 1. The summed E-state index contributed by atoms with van der Waals surface area (Å²) in [6, 6.07) is 9.79. The molecule has 1 aliphatic heterocycles. The monoisotopic (exact) mass is 401 g/mol. The molecule has 1 aromatic carbocycles. The highest BCUT2D eigenvalue weighted by Gasteiger charge is 2.15. The number of benzene rings is 1. The van der Waals surface area contributed by atoms with Crippen LogP contribution in [-0.4, -0.2) is 62.9 Å². The summed E-state index contributed by atoms with van der Waals surface area (Å²) in [5.41, 5.74) is 1.93. The number of hydrogen-bond acceptors (Lipinski definition) is 5. The molecule has 0 amide bonds. The van der Waals surface area contributed by atoms with Crippen molar-refractivity contribution in [2.45, 2.75) is 19.4 Å². The van der Waals surface area contributed by atoms with Gasteiger partial charge in [-0.05, 0) is 43.2 Å². The lowest BCUT2D eigenvalue weighted by Crippen LogP contribution is -2.37. The van der Waals surface area contributed by atoms with Crippen molar-refractivity contribution in [2.24, 2.45) is 10.9 Å². The zero-order valence-corrected chi connectivity index (χ0v) is 17.3. The van der Waals surface area contributed by atoms with E-state index in [1.165, 1.54) is 0 Å². The van der Waals surface area contributed by atoms with Crippen LogP contribution in [0.3, 0.4) is 0 Å². The number of aromatic nitrogens is 2. The lowest BCUT2D eigenvalue weighted by molar-refractivity contribution is 0.0888. The summed E-state index contributed by atoms with van der Waals surface area (Å²) in [4.78, 5) is 4.26. The Balaban J connectivity index is 1.34. The maximum Gasteiger partial charge on any atom is 0.191 e. The molecule has 0 aliphatic carbocycles. The highest BCUT2D eigenvalue weighted by Crippen LogP contribution is 2.14. The standard InChI is InChI=1S/C21H31N5O3/c1-22-21(23-10-3-12-28-15-17-9-13-29-16-17)24-14-18-8-11-26(25-18)19-4-6-20(27-2)7-5-19/h4-8,11,17H,3,9-10,12-16H2,1-2H3,(H2,22,23,24). The van der Waals surface area contributed by atoms with Gasteiger partial charge < -0.3 is 24.8 Å². The van der Waals surface area contributed by atoms with Gasteiger partial charge in [0.25, 0.3) is 0 Å². The van der Waals surface area contributed by atoms with Crippen molar-refractivity contribution >= 4 is 5.96 Å².